The number of nitrogens with two attached hydrogens (primary N) is 1. The lowest BCUT2D eigenvalue weighted by Gasteiger charge is -2.13. The fourth-order valence-electron chi connectivity index (χ4n) is 1.08. The molecule has 0 radical (unpaired) electrons. The number of primary amides is 1. The van der Waals surface area contributed by atoms with Crippen LogP contribution in [0.3, 0.4) is 0 Å². The zero-order valence-electron chi connectivity index (χ0n) is 8.44. The molecule has 5 nitrogen and oxygen atoms in total. The molecule has 0 aliphatic heterocycles. The number of halogens is 1. The Morgan fingerprint density at radius 3 is 2.62 bits per heavy atom. The van der Waals surface area contributed by atoms with E-state index in [2.05, 4.69) is 0 Å². The first-order chi connectivity index (χ1) is 7.43. The molecule has 0 aliphatic carbocycles. The lowest BCUT2D eigenvalue weighted by molar-refractivity contribution is -0.144. The summed E-state index contributed by atoms with van der Waals surface area (Å²) < 4.78 is 18.1. The maximum absolute atomic E-state index is 13.2. The van der Waals surface area contributed by atoms with Gasteiger partial charge < -0.3 is 15.6 Å². The van der Waals surface area contributed by atoms with Crippen LogP contribution in [0.15, 0.2) is 18.2 Å². The van der Waals surface area contributed by atoms with Crippen molar-refractivity contribution >= 4 is 11.9 Å². The third-order valence-corrected chi connectivity index (χ3v) is 1.87. The van der Waals surface area contributed by atoms with Crippen LogP contribution in [0.25, 0.3) is 0 Å². The summed E-state index contributed by atoms with van der Waals surface area (Å²) in [6, 6.07) is 3.62. The van der Waals surface area contributed by atoms with Crippen molar-refractivity contribution < 1.29 is 23.8 Å². The van der Waals surface area contributed by atoms with Crippen LogP contribution >= 0.6 is 0 Å². The highest BCUT2D eigenvalue weighted by molar-refractivity contribution is 5.96. The van der Waals surface area contributed by atoms with Crippen molar-refractivity contribution in [1.82, 2.24) is 0 Å². The molecule has 0 saturated carbocycles. The molecule has 0 aromatic heterocycles. The van der Waals surface area contributed by atoms with Crippen LogP contribution < -0.4 is 10.5 Å². The fraction of sp³-hybridized carbons (Fsp3) is 0.200. The number of carboxylic acids is 1. The van der Waals surface area contributed by atoms with E-state index in [0.717, 1.165) is 6.07 Å². The second kappa shape index (κ2) is 4.61. The minimum atomic E-state index is -1.22. The van der Waals surface area contributed by atoms with Crippen molar-refractivity contribution in [1.29, 1.82) is 0 Å². The molecular weight excluding hydrogens is 217 g/mol. The van der Waals surface area contributed by atoms with Crippen LogP contribution in [0.5, 0.6) is 5.75 Å². The molecule has 0 spiro atoms. The summed E-state index contributed by atoms with van der Waals surface area (Å²) >= 11 is 0. The number of carbonyl (C=O) groups excluding carboxylic acids is 1. The van der Waals surface area contributed by atoms with E-state index in [1.54, 1.807) is 0 Å². The Morgan fingerprint density at radius 1 is 1.50 bits per heavy atom. The standard InChI is InChI=1S/C10H10FNO4/c1-5(10(14)15)16-7-4-2-3-6(11)8(7)9(12)13/h2-5H,1H3,(H2,12,13)(H,14,15). The molecule has 1 aromatic carbocycles. The third kappa shape index (κ3) is 2.47. The summed E-state index contributed by atoms with van der Waals surface area (Å²) in [5.74, 6) is -3.25. The van der Waals surface area contributed by atoms with E-state index in [1.165, 1.54) is 19.1 Å². The quantitative estimate of drug-likeness (QED) is 0.795. The van der Waals surface area contributed by atoms with E-state index in [-0.39, 0.29) is 5.75 Å². The van der Waals surface area contributed by atoms with Crippen LogP contribution in [0.4, 0.5) is 4.39 Å². The number of amides is 1. The first-order valence-corrected chi connectivity index (χ1v) is 4.41. The van der Waals surface area contributed by atoms with E-state index in [0.29, 0.717) is 0 Å². The summed E-state index contributed by atoms with van der Waals surface area (Å²) in [7, 11) is 0. The first kappa shape index (κ1) is 12.0. The SMILES string of the molecule is CC(Oc1cccc(F)c1C(N)=O)C(=O)O. The zero-order chi connectivity index (χ0) is 12.3. The Labute approximate surface area is 90.6 Å². The number of ether oxygens (including phenoxy) is 1. The topological polar surface area (TPSA) is 89.6 Å². The molecule has 0 bridgehead atoms. The lowest BCUT2D eigenvalue weighted by Crippen LogP contribution is -2.25. The molecule has 1 aromatic rings. The van der Waals surface area contributed by atoms with Gasteiger partial charge in [-0.25, -0.2) is 9.18 Å². The number of hydrogen-bond acceptors (Lipinski definition) is 3. The smallest absolute Gasteiger partial charge is 0.344 e. The molecule has 0 aliphatic rings. The Bertz CT molecular complexity index is 433. The van der Waals surface area contributed by atoms with Gasteiger partial charge in [-0.05, 0) is 19.1 Å². The summed E-state index contributed by atoms with van der Waals surface area (Å²) in [5.41, 5.74) is 4.51. The van der Waals surface area contributed by atoms with Gasteiger partial charge in [0.15, 0.2) is 6.10 Å². The Kier molecular flexibility index (Phi) is 3.44. The molecule has 1 atom stereocenters. The minimum absolute atomic E-state index is 0.178. The normalized spacial score (nSPS) is 11.9. The molecule has 0 heterocycles. The predicted octanol–water partition coefficient (Wildman–Crippen LogP) is 0.777. The third-order valence-electron chi connectivity index (χ3n) is 1.87. The zero-order valence-corrected chi connectivity index (χ0v) is 8.44. The van der Waals surface area contributed by atoms with Crippen molar-refractivity contribution in [2.24, 2.45) is 5.73 Å². The van der Waals surface area contributed by atoms with Crippen LogP contribution in [0.2, 0.25) is 0 Å². The molecule has 1 unspecified atom stereocenters. The number of aliphatic carboxylic acids is 1. The molecule has 16 heavy (non-hydrogen) atoms. The summed E-state index contributed by atoms with van der Waals surface area (Å²) in [5, 5.41) is 8.61. The highest BCUT2D eigenvalue weighted by atomic mass is 19.1. The van der Waals surface area contributed by atoms with Gasteiger partial charge >= 0.3 is 5.97 Å². The van der Waals surface area contributed by atoms with Crippen LogP contribution in [-0.2, 0) is 4.79 Å². The van der Waals surface area contributed by atoms with Gasteiger partial charge in [0, 0.05) is 0 Å². The number of carboxylic acid groups (broad SMARTS) is 1. The maximum Gasteiger partial charge on any atom is 0.344 e. The molecule has 1 amide bonds. The molecule has 0 fully saturated rings. The number of carbonyl (C=O) groups is 2. The molecule has 6 heteroatoms. The molecule has 3 N–H and O–H groups in total. The lowest BCUT2D eigenvalue weighted by atomic mass is 10.2. The van der Waals surface area contributed by atoms with Crippen LogP contribution in [0, 0.1) is 5.82 Å². The molecular formula is C10H10FNO4. The Morgan fingerprint density at radius 2 is 2.12 bits per heavy atom. The largest absolute Gasteiger partial charge is 0.479 e. The first-order valence-electron chi connectivity index (χ1n) is 4.41. The van der Waals surface area contributed by atoms with E-state index in [9.17, 15) is 14.0 Å². The van der Waals surface area contributed by atoms with E-state index in [4.69, 9.17) is 15.6 Å². The fourth-order valence-corrected chi connectivity index (χ4v) is 1.08. The van der Waals surface area contributed by atoms with Crippen molar-refractivity contribution in [3.05, 3.63) is 29.6 Å². The minimum Gasteiger partial charge on any atom is -0.479 e. The Hall–Kier alpha value is -2.11. The van der Waals surface area contributed by atoms with Gasteiger partial charge in [0.25, 0.3) is 5.91 Å². The van der Waals surface area contributed by atoms with Gasteiger partial charge in [-0.1, -0.05) is 6.07 Å². The van der Waals surface area contributed by atoms with Crippen molar-refractivity contribution in [2.75, 3.05) is 0 Å². The van der Waals surface area contributed by atoms with Gasteiger partial charge in [0.1, 0.15) is 17.1 Å². The summed E-state index contributed by atoms with van der Waals surface area (Å²) in [6.07, 6.45) is -1.19. The monoisotopic (exact) mass is 227 g/mol. The van der Waals surface area contributed by atoms with E-state index >= 15 is 0 Å². The number of benzene rings is 1. The second-order valence-corrected chi connectivity index (χ2v) is 3.08. The van der Waals surface area contributed by atoms with Crippen LogP contribution in [-0.4, -0.2) is 23.1 Å². The molecule has 0 saturated heterocycles. The number of hydrogen-bond donors (Lipinski definition) is 2. The summed E-state index contributed by atoms with van der Waals surface area (Å²) in [4.78, 5) is 21.5. The van der Waals surface area contributed by atoms with E-state index < -0.39 is 29.4 Å². The van der Waals surface area contributed by atoms with Crippen molar-refractivity contribution in [3.8, 4) is 5.75 Å². The highest BCUT2D eigenvalue weighted by Crippen LogP contribution is 2.22. The second-order valence-electron chi connectivity index (χ2n) is 3.08. The van der Waals surface area contributed by atoms with E-state index in [1.807, 2.05) is 0 Å². The summed E-state index contributed by atoms with van der Waals surface area (Å²) in [6.45, 7) is 1.26. The van der Waals surface area contributed by atoms with Gasteiger partial charge in [-0.2, -0.15) is 0 Å². The van der Waals surface area contributed by atoms with Crippen LogP contribution in [0.1, 0.15) is 17.3 Å². The van der Waals surface area contributed by atoms with Crippen molar-refractivity contribution in [3.63, 3.8) is 0 Å². The average molecular weight is 227 g/mol. The van der Waals surface area contributed by atoms with Gasteiger partial charge in [0.05, 0.1) is 0 Å². The average Bonchev–Trinajstić information content (AvgIpc) is 2.16. The van der Waals surface area contributed by atoms with Gasteiger partial charge in [-0.15, -0.1) is 0 Å². The van der Waals surface area contributed by atoms with Gasteiger partial charge in [-0.3, -0.25) is 4.79 Å². The number of rotatable bonds is 4. The van der Waals surface area contributed by atoms with Gasteiger partial charge in [0.2, 0.25) is 0 Å². The predicted molar refractivity (Wildman–Crippen MR) is 52.6 cm³/mol. The molecule has 86 valence electrons. The maximum atomic E-state index is 13.2. The highest BCUT2D eigenvalue weighted by Gasteiger charge is 2.19. The molecule has 1 rings (SSSR count). The Balaban J connectivity index is 3.09. The van der Waals surface area contributed by atoms with Crippen molar-refractivity contribution in [2.45, 2.75) is 13.0 Å².